The average Bonchev–Trinajstić information content (AvgIpc) is 3.27. The van der Waals surface area contributed by atoms with Gasteiger partial charge in [0.2, 0.25) is 0 Å². The summed E-state index contributed by atoms with van der Waals surface area (Å²) >= 11 is 6.34. The average molecular weight is 510 g/mol. The molecule has 2 aromatic carbocycles. The minimum Gasteiger partial charge on any atom is -0.306 e. The zero-order chi connectivity index (χ0) is 26.1. The predicted molar refractivity (Wildman–Crippen MR) is 136 cm³/mol. The number of aryl methyl sites for hydroxylation is 2. The number of ketones is 1. The maximum absolute atomic E-state index is 14.3. The molecule has 0 aliphatic rings. The van der Waals surface area contributed by atoms with Gasteiger partial charge in [0, 0.05) is 29.2 Å². The van der Waals surface area contributed by atoms with E-state index in [1.165, 1.54) is 35.9 Å². The fourth-order valence-electron chi connectivity index (χ4n) is 4.35. The van der Waals surface area contributed by atoms with Crippen molar-refractivity contribution in [1.29, 1.82) is 0 Å². The highest BCUT2D eigenvalue weighted by atomic mass is 35.5. The maximum Gasteiger partial charge on any atom is 0.262 e. The van der Waals surface area contributed by atoms with Gasteiger partial charge in [-0.3, -0.25) is 9.59 Å². The fraction of sp³-hybridized carbons (Fsp3) is 0.250. The normalized spacial score (nSPS) is 12.1. The van der Waals surface area contributed by atoms with E-state index in [2.05, 4.69) is 4.98 Å². The molecule has 0 spiro atoms. The first-order valence-corrected chi connectivity index (χ1v) is 12.0. The van der Waals surface area contributed by atoms with Gasteiger partial charge in [-0.25, -0.2) is 13.8 Å². The molecule has 0 N–H and O–H groups in total. The molecule has 4 rings (SSSR count). The van der Waals surface area contributed by atoms with Crippen molar-refractivity contribution >= 4 is 17.4 Å². The number of hydrogen-bond acceptors (Lipinski definition) is 3. The van der Waals surface area contributed by atoms with Gasteiger partial charge < -0.3 is 9.13 Å². The molecule has 0 bridgehead atoms. The van der Waals surface area contributed by atoms with Gasteiger partial charge in [-0.1, -0.05) is 24.9 Å². The lowest BCUT2D eigenvalue weighted by atomic mass is 9.98. The third-order valence-electron chi connectivity index (χ3n) is 6.29. The number of benzene rings is 2. The Morgan fingerprint density at radius 1 is 1.06 bits per heavy atom. The highest BCUT2D eigenvalue weighted by molar-refractivity contribution is 6.31. The molecule has 186 valence electrons. The number of imidazole rings is 1. The summed E-state index contributed by atoms with van der Waals surface area (Å²) in [5, 5.41) is 0.175. The number of pyridine rings is 1. The first-order valence-electron chi connectivity index (χ1n) is 11.6. The lowest BCUT2D eigenvalue weighted by Gasteiger charge is -2.22. The quantitative estimate of drug-likeness (QED) is 0.267. The molecule has 2 heterocycles. The van der Waals surface area contributed by atoms with Crippen LogP contribution in [-0.4, -0.2) is 19.9 Å². The van der Waals surface area contributed by atoms with Gasteiger partial charge in [0.1, 0.15) is 11.6 Å². The van der Waals surface area contributed by atoms with Crippen molar-refractivity contribution in [2.45, 2.75) is 46.6 Å². The van der Waals surface area contributed by atoms with Crippen LogP contribution < -0.4 is 5.56 Å². The van der Waals surface area contributed by atoms with E-state index >= 15 is 0 Å². The molecule has 5 nitrogen and oxygen atoms in total. The minimum absolute atomic E-state index is 0.0898. The number of carbonyl (C=O) groups is 1. The Kier molecular flexibility index (Phi) is 7.22. The molecule has 2 aromatic heterocycles. The van der Waals surface area contributed by atoms with Crippen molar-refractivity contribution in [2.75, 3.05) is 0 Å². The van der Waals surface area contributed by atoms with Crippen molar-refractivity contribution < 1.29 is 13.6 Å². The summed E-state index contributed by atoms with van der Waals surface area (Å²) < 4.78 is 31.9. The van der Waals surface area contributed by atoms with Crippen LogP contribution in [0.2, 0.25) is 5.02 Å². The number of hydrogen-bond donors (Lipinski definition) is 0. The molecule has 0 radical (unpaired) electrons. The van der Waals surface area contributed by atoms with Crippen LogP contribution in [0.3, 0.4) is 0 Å². The van der Waals surface area contributed by atoms with Crippen molar-refractivity contribution in [3.8, 4) is 5.69 Å². The van der Waals surface area contributed by atoms with E-state index in [4.69, 9.17) is 11.6 Å². The number of carbonyl (C=O) groups excluding carboxylic acids is 1. The first-order chi connectivity index (χ1) is 17.1. The highest BCUT2D eigenvalue weighted by Gasteiger charge is 2.23. The van der Waals surface area contributed by atoms with E-state index in [1.807, 2.05) is 31.5 Å². The third-order valence-corrected chi connectivity index (χ3v) is 6.50. The summed E-state index contributed by atoms with van der Waals surface area (Å²) in [4.78, 5) is 31.2. The fourth-order valence-corrected chi connectivity index (χ4v) is 4.57. The number of aromatic nitrogens is 3. The molecule has 0 aliphatic heterocycles. The van der Waals surface area contributed by atoms with Crippen LogP contribution >= 0.6 is 11.6 Å². The summed E-state index contributed by atoms with van der Waals surface area (Å²) in [6.07, 6.45) is 6.04. The van der Waals surface area contributed by atoms with Gasteiger partial charge in [-0.2, -0.15) is 0 Å². The lowest BCUT2D eigenvalue weighted by molar-refractivity contribution is 0.103. The Hall–Kier alpha value is -3.58. The Morgan fingerprint density at radius 3 is 2.33 bits per heavy atom. The zero-order valence-corrected chi connectivity index (χ0v) is 21.2. The van der Waals surface area contributed by atoms with Crippen LogP contribution in [0.25, 0.3) is 5.69 Å². The highest BCUT2D eigenvalue weighted by Crippen LogP contribution is 2.27. The van der Waals surface area contributed by atoms with E-state index in [9.17, 15) is 18.4 Å². The largest absolute Gasteiger partial charge is 0.306 e. The Bertz CT molecular complexity index is 1500. The number of halogens is 3. The zero-order valence-electron chi connectivity index (χ0n) is 20.5. The molecule has 0 amide bonds. The molecule has 8 heteroatoms. The van der Waals surface area contributed by atoms with E-state index in [1.54, 1.807) is 24.5 Å². The van der Waals surface area contributed by atoms with E-state index < -0.39 is 29.0 Å². The van der Waals surface area contributed by atoms with E-state index in [0.29, 0.717) is 24.0 Å². The molecule has 0 aliphatic carbocycles. The topological polar surface area (TPSA) is 56.9 Å². The van der Waals surface area contributed by atoms with Crippen molar-refractivity contribution in [3.63, 3.8) is 0 Å². The maximum atomic E-state index is 14.3. The first kappa shape index (κ1) is 25.5. The van der Waals surface area contributed by atoms with Crippen molar-refractivity contribution in [3.05, 3.63) is 116 Å². The van der Waals surface area contributed by atoms with Crippen LogP contribution in [0, 0.1) is 32.4 Å². The molecule has 0 fully saturated rings. The van der Waals surface area contributed by atoms with Crippen LogP contribution in [0.1, 0.15) is 64.1 Å². The van der Waals surface area contributed by atoms with E-state index in [-0.39, 0.29) is 16.1 Å². The third kappa shape index (κ3) is 4.88. The summed E-state index contributed by atoms with van der Waals surface area (Å²) in [5.41, 5.74) is 2.42. The summed E-state index contributed by atoms with van der Waals surface area (Å²) in [5.74, 6) is -1.87. The lowest BCUT2D eigenvalue weighted by Crippen LogP contribution is -2.30. The molecule has 0 saturated carbocycles. The molecule has 0 saturated heterocycles. The second-order valence-corrected chi connectivity index (χ2v) is 9.39. The molecule has 1 unspecified atom stereocenters. The monoisotopic (exact) mass is 509 g/mol. The van der Waals surface area contributed by atoms with Crippen molar-refractivity contribution in [1.82, 2.24) is 14.1 Å². The summed E-state index contributed by atoms with van der Waals surface area (Å²) in [6.45, 7) is 7.02. The second-order valence-electron chi connectivity index (χ2n) is 8.95. The van der Waals surface area contributed by atoms with Gasteiger partial charge in [0.05, 0.1) is 28.6 Å². The second kappa shape index (κ2) is 10.2. The summed E-state index contributed by atoms with van der Waals surface area (Å²) in [6, 6.07) is 8.27. The predicted octanol–water partition coefficient (Wildman–Crippen LogP) is 6.51. The molecular formula is C28H26ClF2N3O2. The Morgan fingerprint density at radius 2 is 1.75 bits per heavy atom. The number of rotatable bonds is 7. The smallest absolute Gasteiger partial charge is 0.262 e. The molecule has 1 atom stereocenters. The SMILES string of the molecule is CCCC(c1cc(F)c(C)c(F)c1)n1cc(Cl)cc(C(=O)c2ccc(-n3cnc(C)c3)c(C)c2)c1=O. The Balaban J connectivity index is 1.78. The van der Waals surface area contributed by atoms with Gasteiger partial charge in [0.15, 0.2) is 5.78 Å². The van der Waals surface area contributed by atoms with Crippen LogP contribution in [0.4, 0.5) is 8.78 Å². The van der Waals surface area contributed by atoms with Crippen molar-refractivity contribution in [2.24, 2.45) is 0 Å². The van der Waals surface area contributed by atoms with Crippen LogP contribution in [-0.2, 0) is 0 Å². The minimum atomic E-state index is -0.693. The van der Waals surface area contributed by atoms with Gasteiger partial charge in [-0.15, -0.1) is 0 Å². The van der Waals surface area contributed by atoms with Gasteiger partial charge >= 0.3 is 0 Å². The molecule has 36 heavy (non-hydrogen) atoms. The van der Waals surface area contributed by atoms with E-state index in [0.717, 1.165) is 16.9 Å². The standard InChI is InChI=1S/C28H26ClF2N3O2/c1-5-6-26(20-10-23(30)18(4)24(31)11-20)34-14-21(29)12-22(28(34)36)27(35)19-7-8-25(16(2)9-19)33-13-17(3)32-15-33/h7-15,26H,5-6H2,1-4H3. The van der Waals surface area contributed by atoms with Crippen LogP contribution in [0.5, 0.6) is 0 Å². The Labute approximate surface area is 213 Å². The number of nitrogens with zero attached hydrogens (tertiary/aromatic N) is 3. The van der Waals surface area contributed by atoms with Gasteiger partial charge in [0.25, 0.3) is 5.56 Å². The van der Waals surface area contributed by atoms with Gasteiger partial charge in [-0.05, 0) is 74.7 Å². The molecular weight excluding hydrogens is 484 g/mol. The summed E-state index contributed by atoms with van der Waals surface area (Å²) in [7, 11) is 0. The molecule has 4 aromatic rings. The van der Waals surface area contributed by atoms with Crippen LogP contribution in [0.15, 0.2) is 59.9 Å².